The first kappa shape index (κ1) is 19.0. The Morgan fingerprint density at radius 3 is 2.86 bits per heavy atom. The van der Waals surface area contributed by atoms with Crippen LogP contribution in [0.4, 0.5) is 0 Å². The van der Waals surface area contributed by atoms with Gasteiger partial charge >= 0.3 is 0 Å². The number of rotatable bonds is 8. The molecule has 5 nitrogen and oxygen atoms in total. The van der Waals surface area contributed by atoms with Crippen LogP contribution >= 0.6 is 24.0 Å². The lowest BCUT2D eigenvalue weighted by Gasteiger charge is -2.11. The zero-order chi connectivity index (χ0) is 14.2. The Morgan fingerprint density at radius 1 is 1.43 bits per heavy atom. The van der Waals surface area contributed by atoms with E-state index in [2.05, 4.69) is 29.5 Å². The highest BCUT2D eigenvalue weighted by Gasteiger charge is 2.33. The van der Waals surface area contributed by atoms with E-state index in [1.165, 1.54) is 12.8 Å². The topological polar surface area (TPSA) is 54.9 Å². The van der Waals surface area contributed by atoms with Gasteiger partial charge in [-0.1, -0.05) is 6.92 Å². The van der Waals surface area contributed by atoms with Crippen molar-refractivity contribution in [3.05, 3.63) is 0 Å². The molecule has 1 aliphatic carbocycles. The summed E-state index contributed by atoms with van der Waals surface area (Å²) in [7, 11) is 0. The maximum absolute atomic E-state index is 5.63. The quantitative estimate of drug-likeness (QED) is 0.278. The third-order valence-electron chi connectivity index (χ3n) is 3.82. The molecule has 1 aliphatic heterocycles. The Morgan fingerprint density at radius 2 is 2.24 bits per heavy atom. The van der Waals surface area contributed by atoms with Crippen LogP contribution in [0, 0.1) is 5.92 Å². The SMILES string of the molecule is CCNC(=NCCCOCC1CCCO1)NC1CC1C.I. The monoisotopic (exact) mass is 411 g/mol. The molecule has 0 bridgehead atoms. The lowest BCUT2D eigenvalue weighted by Crippen LogP contribution is -2.39. The van der Waals surface area contributed by atoms with Gasteiger partial charge in [-0.25, -0.2) is 0 Å². The number of guanidine groups is 1. The van der Waals surface area contributed by atoms with Crippen molar-refractivity contribution in [2.75, 3.05) is 32.9 Å². The molecule has 3 atom stereocenters. The number of hydrogen-bond acceptors (Lipinski definition) is 3. The second kappa shape index (κ2) is 10.6. The van der Waals surface area contributed by atoms with Crippen LogP contribution in [0.3, 0.4) is 0 Å². The van der Waals surface area contributed by atoms with E-state index in [1.807, 2.05) is 0 Å². The van der Waals surface area contributed by atoms with Crippen molar-refractivity contribution in [2.45, 2.75) is 51.7 Å². The fourth-order valence-corrected chi connectivity index (χ4v) is 2.37. The highest BCUT2D eigenvalue weighted by atomic mass is 127. The summed E-state index contributed by atoms with van der Waals surface area (Å²) in [4.78, 5) is 4.58. The molecule has 3 unspecified atom stereocenters. The van der Waals surface area contributed by atoms with Gasteiger partial charge in [0.1, 0.15) is 0 Å². The van der Waals surface area contributed by atoms with Crippen LogP contribution in [0.2, 0.25) is 0 Å². The molecule has 1 saturated heterocycles. The van der Waals surface area contributed by atoms with Gasteiger partial charge < -0.3 is 20.1 Å². The summed E-state index contributed by atoms with van der Waals surface area (Å²) in [6, 6.07) is 0.614. The smallest absolute Gasteiger partial charge is 0.191 e. The van der Waals surface area contributed by atoms with Crippen molar-refractivity contribution >= 4 is 29.9 Å². The summed E-state index contributed by atoms with van der Waals surface area (Å²) in [6.45, 7) is 8.47. The van der Waals surface area contributed by atoms with Gasteiger partial charge in [-0.05, 0) is 38.5 Å². The maximum Gasteiger partial charge on any atom is 0.191 e. The molecule has 6 heteroatoms. The first-order valence-electron chi connectivity index (χ1n) is 8.03. The van der Waals surface area contributed by atoms with Crippen molar-refractivity contribution in [1.82, 2.24) is 10.6 Å². The zero-order valence-corrected chi connectivity index (χ0v) is 15.6. The third kappa shape index (κ3) is 7.65. The lowest BCUT2D eigenvalue weighted by atomic mass is 10.2. The van der Waals surface area contributed by atoms with Crippen molar-refractivity contribution in [3.8, 4) is 0 Å². The second-order valence-electron chi connectivity index (χ2n) is 5.79. The normalized spacial score (nSPS) is 28.1. The number of halogens is 1. The van der Waals surface area contributed by atoms with Crippen molar-refractivity contribution in [3.63, 3.8) is 0 Å². The molecule has 0 amide bonds. The van der Waals surface area contributed by atoms with Crippen molar-refractivity contribution in [2.24, 2.45) is 10.9 Å². The number of nitrogens with zero attached hydrogens (tertiary/aromatic N) is 1. The van der Waals surface area contributed by atoms with Crippen molar-refractivity contribution in [1.29, 1.82) is 0 Å². The van der Waals surface area contributed by atoms with Crippen LogP contribution in [-0.2, 0) is 9.47 Å². The van der Waals surface area contributed by atoms with Crippen molar-refractivity contribution < 1.29 is 9.47 Å². The molecule has 2 rings (SSSR count). The van der Waals surface area contributed by atoms with E-state index in [4.69, 9.17) is 9.47 Å². The Kier molecular flexibility index (Phi) is 9.59. The number of ether oxygens (including phenoxy) is 2. The van der Waals surface area contributed by atoms with Crippen LogP contribution in [-0.4, -0.2) is 51.0 Å². The molecule has 1 heterocycles. The van der Waals surface area contributed by atoms with E-state index >= 15 is 0 Å². The summed E-state index contributed by atoms with van der Waals surface area (Å²) in [5.41, 5.74) is 0. The molecule has 0 aromatic heterocycles. The highest BCUT2D eigenvalue weighted by Crippen LogP contribution is 2.28. The van der Waals surface area contributed by atoms with Gasteiger partial charge in [0.05, 0.1) is 12.7 Å². The fraction of sp³-hybridized carbons (Fsp3) is 0.933. The standard InChI is InChI=1S/C15H29N3O2.HI/c1-3-16-15(18-14-10-12(14)2)17-7-5-8-19-11-13-6-4-9-20-13;/h12-14H,3-11H2,1-2H3,(H2,16,17,18);1H. The Bertz CT molecular complexity index is 309. The van der Waals surface area contributed by atoms with Gasteiger partial charge in [0.15, 0.2) is 5.96 Å². The molecule has 0 radical (unpaired) electrons. The van der Waals surface area contributed by atoms with Crippen LogP contribution in [0.5, 0.6) is 0 Å². The first-order valence-corrected chi connectivity index (χ1v) is 8.03. The maximum atomic E-state index is 5.63. The van der Waals surface area contributed by atoms with E-state index in [0.717, 1.165) is 57.6 Å². The molecule has 1 saturated carbocycles. The molecule has 124 valence electrons. The predicted octanol–water partition coefficient (Wildman–Crippen LogP) is 2.15. The van der Waals surface area contributed by atoms with Gasteiger partial charge in [-0.2, -0.15) is 0 Å². The summed E-state index contributed by atoms with van der Waals surface area (Å²) in [6.07, 6.45) is 4.87. The van der Waals surface area contributed by atoms with Crippen LogP contribution in [0.25, 0.3) is 0 Å². The fourth-order valence-electron chi connectivity index (χ4n) is 2.37. The average Bonchev–Trinajstić information content (AvgIpc) is 2.93. The highest BCUT2D eigenvalue weighted by molar-refractivity contribution is 14.0. The molecule has 0 aromatic rings. The van der Waals surface area contributed by atoms with Gasteiger partial charge in [-0.3, -0.25) is 4.99 Å². The Balaban J connectivity index is 0.00000220. The minimum Gasteiger partial charge on any atom is -0.379 e. The number of nitrogens with one attached hydrogen (secondary N) is 2. The minimum absolute atomic E-state index is 0. The second-order valence-corrected chi connectivity index (χ2v) is 5.79. The summed E-state index contributed by atoms with van der Waals surface area (Å²) in [5, 5.41) is 6.74. The molecule has 2 N–H and O–H groups in total. The number of hydrogen-bond donors (Lipinski definition) is 2. The van der Waals surface area contributed by atoms with Gasteiger partial charge in [0.2, 0.25) is 0 Å². The van der Waals surface area contributed by atoms with Crippen LogP contribution in [0.15, 0.2) is 4.99 Å². The Hall–Kier alpha value is -0.0800. The molecular weight excluding hydrogens is 381 g/mol. The van der Waals surface area contributed by atoms with E-state index in [1.54, 1.807) is 0 Å². The van der Waals surface area contributed by atoms with Crippen LogP contribution in [0.1, 0.15) is 39.5 Å². The minimum atomic E-state index is 0. The predicted molar refractivity (Wildman–Crippen MR) is 96.5 cm³/mol. The van der Waals surface area contributed by atoms with Gasteiger partial charge in [0.25, 0.3) is 0 Å². The van der Waals surface area contributed by atoms with E-state index in [9.17, 15) is 0 Å². The summed E-state index contributed by atoms with van der Waals surface area (Å²) >= 11 is 0. The van der Waals surface area contributed by atoms with E-state index in [-0.39, 0.29) is 24.0 Å². The lowest BCUT2D eigenvalue weighted by molar-refractivity contribution is 0.0171. The average molecular weight is 411 g/mol. The largest absolute Gasteiger partial charge is 0.379 e. The van der Waals surface area contributed by atoms with E-state index in [0.29, 0.717) is 12.1 Å². The molecular formula is C15H30IN3O2. The third-order valence-corrected chi connectivity index (χ3v) is 3.82. The molecule has 2 fully saturated rings. The Labute approximate surface area is 145 Å². The molecule has 2 aliphatic rings. The van der Waals surface area contributed by atoms with Crippen LogP contribution < -0.4 is 10.6 Å². The zero-order valence-electron chi connectivity index (χ0n) is 13.3. The molecule has 0 spiro atoms. The number of aliphatic imine (C=N–C) groups is 1. The molecule has 21 heavy (non-hydrogen) atoms. The first-order chi connectivity index (χ1) is 9.79. The van der Waals surface area contributed by atoms with E-state index < -0.39 is 0 Å². The molecule has 0 aromatic carbocycles. The van der Waals surface area contributed by atoms with Gasteiger partial charge in [-0.15, -0.1) is 24.0 Å². The summed E-state index contributed by atoms with van der Waals surface area (Å²) < 4.78 is 11.2. The van der Waals surface area contributed by atoms with Gasteiger partial charge in [0, 0.05) is 32.3 Å². The summed E-state index contributed by atoms with van der Waals surface area (Å²) in [5.74, 6) is 1.73.